The van der Waals surface area contributed by atoms with Crippen molar-refractivity contribution in [3.63, 3.8) is 0 Å². The lowest BCUT2D eigenvalue weighted by molar-refractivity contribution is 0.0663. The third-order valence-corrected chi connectivity index (χ3v) is 4.92. The van der Waals surface area contributed by atoms with Gasteiger partial charge in [-0.3, -0.25) is 4.90 Å². The Morgan fingerprint density at radius 2 is 1.77 bits per heavy atom. The topological polar surface area (TPSA) is 56.2 Å². The smallest absolute Gasteiger partial charge is 0.138 e. The molecule has 0 aromatic heterocycles. The molecule has 1 unspecified atom stereocenters. The number of anilines is 1. The summed E-state index contributed by atoms with van der Waals surface area (Å²) in [6, 6.07) is 12.4. The third-order valence-electron chi connectivity index (χ3n) is 4.39. The van der Waals surface area contributed by atoms with Crippen LogP contribution in [0.5, 0.6) is 11.5 Å². The van der Waals surface area contributed by atoms with Gasteiger partial charge in [-0.1, -0.05) is 35.3 Å². The minimum absolute atomic E-state index is 0.168. The van der Waals surface area contributed by atoms with E-state index in [1.807, 2.05) is 18.2 Å². The zero-order valence-corrected chi connectivity index (χ0v) is 15.8. The third kappa shape index (κ3) is 4.95. The van der Waals surface area contributed by atoms with E-state index in [2.05, 4.69) is 9.80 Å². The average Bonchev–Trinajstić information content (AvgIpc) is 2.62. The molecule has 1 aliphatic heterocycles. The zero-order valence-electron chi connectivity index (χ0n) is 14.3. The molecule has 140 valence electrons. The highest BCUT2D eigenvalue weighted by molar-refractivity contribution is 6.35. The number of piperazine rings is 1. The van der Waals surface area contributed by atoms with Crippen LogP contribution >= 0.6 is 23.2 Å². The Bertz CT molecular complexity index is 736. The molecule has 1 heterocycles. The molecule has 0 bridgehead atoms. The maximum Gasteiger partial charge on any atom is 0.138 e. The van der Waals surface area contributed by atoms with Gasteiger partial charge in [0.15, 0.2) is 0 Å². The predicted octanol–water partition coefficient (Wildman–Crippen LogP) is 3.26. The summed E-state index contributed by atoms with van der Waals surface area (Å²) >= 11 is 11.9. The highest BCUT2D eigenvalue weighted by Gasteiger charge is 2.21. The van der Waals surface area contributed by atoms with E-state index in [9.17, 15) is 10.2 Å². The molecule has 26 heavy (non-hydrogen) atoms. The number of aromatic hydroxyl groups is 1. The van der Waals surface area contributed by atoms with Crippen LogP contribution in [0.4, 0.5) is 5.69 Å². The first kappa shape index (κ1) is 19.1. The van der Waals surface area contributed by atoms with Gasteiger partial charge in [0.1, 0.15) is 24.2 Å². The van der Waals surface area contributed by atoms with Crippen LogP contribution in [0.3, 0.4) is 0 Å². The Balaban J connectivity index is 1.44. The summed E-state index contributed by atoms with van der Waals surface area (Å²) in [4.78, 5) is 4.34. The predicted molar refractivity (Wildman–Crippen MR) is 105 cm³/mol. The lowest BCUT2D eigenvalue weighted by Crippen LogP contribution is -2.49. The number of para-hydroxylation sites is 2. The molecule has 0 aliphatic carbocycles. The number of β-amino-alcohol motifs (C(OH)–C–C–N with tert-alkyl or cyclic N) is 1. The van der Waals surface area contributed by atoms with Crippen molar-refractivity contribution in [2.45, 2.75) is 6.10 Å². The molecule has 5 nitrogen and oxygen atoms in total. The van der Waals surface area contributed by atoms with E-state index in [0.717, 1.165) is 31.9 Å². The van der Waals surface area contributed by atoms with Crippen molar-refractivity contribution >= 4 is 28.9 Å². The highest BCUT2D eigenvalue weighted by Crippen LogP contribution is 2.28. The number of aliphatic hydroxyl groups is 1. The van der Waals surface area contributed by atoms with Gasteiger partial charge in [0, 0.05) is 37.7 Å². The first-order valence-corrected chi connectivity index (χ1v) is 9.30. The van der Waals surface area contributed by atoms with Crippen LogP contribution in [0.25, 0.3) is 0 Å². The molecule has 0 radical (unpaired) electrons. The molecule has 2 aromatic rings. The summed E-state index contributed by atoms with van der Waals surface area (Å²) < 4.78 is 5.59. The Labute approximate surface area is 163 Å². The number of ether oxygens (including phenoxy) is 1. The first-order chi connectivity index (χ1) is 12.5. The molecule has 0 amide bonds. The van der Waals surface area contributed by atoms with E-state index >= 15 is 0 Å². The molecule has 1 fully saturated rings. The molecular formula is C19H22Cl2N2O3. The maximum atomic E-state index is 10.2. The van der Waals surface area contributed by atoms with Crippen LogP contribution in [0, 0.1) is 0 Å². The number of phenols is 1. The number of nitrogens with zero attached hydrogens (tertiary/aromatic N) is 2. The second-order valence-electron chi connectivity index (χ2n) is 6.32. The van der Waals surface area contributed by atoms with E-state index in [-0.39, 0.29) is 6.61 Å². The molecule has 0 saturated carbocycles. The van der Waals surface area contributed by atoms with Crippen molar-refractivity contribution in [2.24, 2.45) is 0 Å². The second-order valence-corrected chi connectivity index (χ2v) is 7.16. The Kier molecular flexibility index (Phi) is 6.48. The Morgan fingerprint density at radius 3 is 2.46 bits per heavy atom. The van der Waals surface area contributed by atoms with E-state index in [0.29, 0.717) is 28.1 Å². The van der Waals surface area contributed by atoms with Crippen molar-refractivity contribution in [1.82, 2.24) is 4.90 Å². The molecular weight excluding hydrogens is 375 g/mol. The number of halogens is 2. The summed E-state index contributed by atoms with van der Waals surface area (Å²) in [5, 5.41) is 21.2. The quantitative estimate of drug-likeness (QED) is 0.784. The number of hydrogen-bond donors (Lipinski definition) is 2. The summed E-state index contributed by atoms with van der Waals surface area (Å²) in [5.41, 5.74) is 0.855. The van der Waals surface area contributed by atoms with Crippen molar-refractivity contribution in [3.05, 3.63) is 52.5 Å². The van der Waals surface area contributed by atoms with Gasteiger partial charge in [-0.05, 0) is 30.3 Å². The lowest BCUT2D eigenvalue weighted by Gasteiger charge is -2.37. The van der Waals surface area contributed by atoms with Crippen LogP contribution in [0.2, 0.25) is 10.0 Å². The molecule has 3 rings (SSSR count). The number of phenolic OH excluding ortho intramolecular Hbond substituents is 1. The fourth-order valence-electron chi connectivity index (χ4n) is 3.03. The van der Waals surface area contributed by atoms with Crippen molar-refractivity contribution in [2.75, 3.05) is 44.2 Å². The monoisotopic (exact) mass is 396 g/mol. The van der Waals surface area contributed by atoms with E-state index in [1.54, 1.807) is 24.3 Å². The minimum atomic E-state index is -0.613. The van der Waals surface area contributed by atoms with Gasteiger partial charge in [0.05, 0.1) is 10.7 Å². The van der Waals surface area contributed by atoms with Gasteiger partial charge >= 0.3 is 0 Å². The average molecular weight is 397 g/mol. The summed E-state index contributed by atoms with van der Waals surface area (Å²) in [7, 11) is 0. The van der Waals surface area contributed by atoms with Gasteiger partial charge in [-0.2, -0.15) is 0 Å². The van der Waals surface area contributed by atoms with Crippen molar-refractivity contribution in [1.29, 1.82) is 0 Å². The molecule has 7 heteroatoms. The summed E-state index contributed by atoms with van der Waals surface area (Å²) in [5.74, 6) is 0.814. The molecule has 0 spiro atoms. The van der Waals surface area contributed by atoms with E-state index in [1.165, 1.54) is 0 Å². The van der Waals surface area contributed by atoms with Crippen LogP contribution in [-0.4, -0.2) is 60.5 Å². The number of rotatable bonds is 6. The maximum absolute atomic E-state index is 10.2. The van der Waals surface area contributed by atoms with E-state index < -0.39 is 6.10 Å². The number of benzene rings is 2. The summed E-state index contributed by atoms with van der Waals surface area (Å²) in [6.45, 7) is 3.92. The van der Waals surface area contributed by atoms with Crippen LogP contribution in [0.15, 0.2) is 42.5 Å². The first-order valence-electron chi connectivity index (χ1n) is 8.54. The molecule has 1 aliphatic rings. The van der Waals surface area contributed by atoms with E-state index in [4.69, 9.17) is 27.9 Å². The van der Waals surface area contributed by atoms with Crippen LogP contribution in [0.1, 0.15) is 0 Å². The fourth-order valence-corrected chi connectivity index (χ4v) is 3.49. The lowest BCUT2D eigenvalue weighted by atomic mass is 10.2. The molecule has 1 saturated heterocycles. The SMILES string of the molecule is Oc1ccccc1N1CCN(CC(O)COc2ccc(Cl)cc2Cl)CC1. The Morgan fingerprint density at radius 1 is 1.04 bits per heavy atom. The van der Waals surface area contributed by atoms with Gasteiger partial charge < -0.3 is 19.8 Å². The van der Waals surface area contributed by atoms with Gasteiger partial charge in [-0.15, -0.1) is 0 Å². The van der Waals surface area contributed by atoms with Gasteiger partial charge in [0.2, 0.25) is 0 Å². The zero-order chi connectivity index (χ0) is 18.5. The largest absolute Gasteiger partial charge is 0.506 e. The van der Waals surface area contributed by atoms with Gasteiger partial charge in [0.25, 0.3) is 0 Å². The highest BCUT2D eigenvalue weighted by atomic mass is 35.5. The molecule has 2 N–H and O–H groups in total. The molecule has 2 aromatic carbocycles. The fraction of sp³-hybridized carbons (Fsp3) is 0.368. The van der Waals surface area contributed by atoms with Crippen molar-refractivity contribution in [3.8, 4) is 11.5 Å². The molecule has 1 atom stereocenters. The van der Waals surface area contributed by atoms with Crippen LogP contribution in [-0.2, 0) is 0 Å². The minimum Gasteiger partial charge on any atom is -0.506 e. The number of aliphatic hydroxyl groups excluding tert-OH is 1. The number of hydrogen-bond acceptors (Lipinski definition) is 5. The normalized spacial score (nSPS) is 16.5. The van der Waals surface area contributed by atoms with Gasteiger partial charge in [-0.25, -0.2) is 0 Å². The Hall–Kier alpha value is -1.66. The summed E-state index contributed by atoms with van der Waals surface area (Å²) in [6.07, 6.45) is -0.613. The van der Waals surface area contributed by atoms with Crippen molar-refractivity contribution < 1.29 is 14.9 Å². The second kappa shape index (κ2) is 8.82. The van der Waals surface area contributed by atoms with Crippen LogP contribution < -0.4 is 9.64 Å². The standard InChI is InChI=1S/C19H22Cl2N2O3/c20-14-5-6-19(16(21)11-14)26-13-15(24)12-22-7-9-23(10-8-22)17-3-1-2-4-18(17)25/h1-6,11,15,24-25H,7-10,12-13H2.